The van der Waals surface area contributed by atoms with Crippen LogP contribution in [0.1, 0.15) is 18.9 Å². The van der Waals surface area contributed by atoms with E-state index in [9.17, 15) is 0 Å². The van der Waals surface area contributed by atoms with Crippen LogP contribution in [0.15, 0.2) is 18.3 Å². The molecule has 96 valence electrons. The fourth-order valence-electron chi connectivity index (χ4n) is 1.73. The molecule has 1 aromatic rings. The maximum Gasteiger partial charge on any atom is 0.132 e. The molecule has 0 fully saturated rings. The SMILES string of the molecule is CCCN(CCN(C)C)c1ncccc1CCl. The number of halogens is 1. The molecule has 0 aliphatic carbocycles. The lowest BCUT2D eigenvalue weighted by Crippen LogP contribution is -2.33. The van der Waals surface area contributed by atoms with Gasteiger partial charge < -0.3 is 9.80 Å². The molecule has 0 N–H and O–H groups in total. The summed E-state index contributed by atoms with van der Waals surface area (Å²) in [4.78, 5) is 8.97. The summed E-state index contributed by atoms with van der Waals surface area (Å²) in [5, 5.41) is 0. The van der Waals surface area contributed by atoms with Gasteiger partial charge in [0, 0.05) is 31.4 Å². The highest BCUT2D eigenvalue weighted by Gasteiger charge is 2.11. The Morgan fingerprint density at radius 3 is 2.59 bits per heavy atom. The first-order valence-corrected chi connectivity index (χ1v) is 6.62. The molecule has 1 heterocycles. The minimum Gasteiger partial charge on any atom is -0.355 e. The van der Waals surface area contributed by atoms with E-state index in [1.54, 1.807) is 0 Å². The number of pyridine rings is 1. The third-order valence-electron chi connectivity index (χ3n) is 2.62. The second-order valence-electron chi connectivity index (χ2n) is 4.41. The van der Waals surface area contributed by atoms with Gasteiger partial charge in [0.25, 0.3) is 0 Å². The Kier molecular flexibility index (Phi) is 6.30. The smallest absolute Gasteiger partial charge is 0.132 e. The van der Waals surface area contributed by atoms with Gasteiger partial charge >= 0.3 is 0 Å². The average Bonchev–Trinajstić information content (AvgIpc) is 2.34. The second-order valence-corrected chi connectivity index (χ2v) is 4.68. The third kappa shape index (κ3) is 4.52. The van der Waals surface area contributed by atoms with Crippen molar-refractivity contribution < 1.29 is 0 Å². The molecule has 0 amide bonds. The predicted octanol–water partition coefficient (Wildman–Crippen LogP) is 2.60. The van der Waals surface area contributed by atoms with Gasteiger partial charge in [-0.15, -0.1) is 11.6 Å². The largest absolute Gasteiger partial charge is 0.355 e. The van der Waals surface area contributed by atoms with Gasteiger partial charge in [-0.1, -0.05) is 13.0 Å². The van der Waals surface area contributed by atoms with Gasteiger partial charge in [-0.3, -0.25) is 0 Å². The van der Waals surface area contributed by atoms with E-state index in [-0.39, 0.29) is 0 Å². The number of anilines is 1. The molecule has 1 rings (SSSR count). The van der Waals surface area contributed by atoms with Crippen molar-refractivity contribution in [3.05, 3.63) is 23.9 Å². The summed E-state index contributed by atoms with van der Waals surface area (Å²) in [6.07, 6.45) is 2.95. The lowest BCUT2D eigenvalue weighted by Gasteiger charge is -2.26. The predicted molar refractivity (Wildman–Crippen MR) is 74.9 cm³/mol. The number of aromatic nitrogens is 1. The van der Waals surface area contributed by atoms with E-state index in [0.717, 1.165) is 37.4 Å². The summed E-state index contributed by atoms with van der Waals surface area (Å²) in [5.41, 5.74) is 1.11. The van der Waals surface area contributed by atoms with Crippen molar-refractivity contribution in [3.8, 4) is 0 Å². The van der Waals surface area contributed by atoms with E-state index in [0.29, 0.717) is 5.88 Å². The van der Waals surface area contributed by atoms with Crippen LogP contribution in [-0.4, -0.2) is 43.6 Å². The van der Waals surface area contributed by atoms with Crippen molar-refractivity contribution in [2.24, 2.45) is 0 Å². The lowest BCUT2D eigenvalue weighted by molar-refractivity contribution is 0.412. The lowest BCUT2D eigenvalue weighted by atomic mass is 10.2. The molecule has 4 heteroatoms. The van der Waals surface area contributed by atoms with Gasteiger partial charge in [0.1, 0.15) is 5.82 Å². The van der Waals surface area contributed by atoms with E-state index in [4.69, 9.17) is 11.6 Å². The van der Waals surface area contributed by atoms with Crippen molar-refractivity contribution in [1.82, 2.24) is 9.88 Å². The Morgan fingerprint density at radius 2 is 2.00 bits per heavy atom. The number of likely N-dealkylation sites (N-methyl/N-ethyl adjacent to an activating group) is 1. The van der Waals surface area contributed by atoms with Crippen molar-refractivity contribution in [1.29, 1.82) is 0 Å². The molecule has 0 aromatic carbocycles. The molecule has 0 spiro atoms. The first-order valence-electron chi connectivity index (χ1n) is 6.08. The van der Waals surface area contributed by atoms with Crippen molar-refractivity contribution in [3.63, 3.8) is 0 Å². The number of nitrogens with zero attached hydrogens (tertiary/aromatic N) is 3. The zero-order valence-electron chi connectivity index (χ0n) is 11.0. The molecule has 0 saturated carbocycles. The van der Waals surface area contributed by atoms with Crippen molar-refractivity contribution >= 4 is 17.4 Å². The monoisotopic (exact) mass is 255 g/mol. The minimum absolute atomic E-state index is 0.519. The number of hydrogen-bond donors (Lipinski definition) is 0. The number of hydrogen-bond acceptors (Lipinski definition) is 3. The maximum absolute atomic E-state index is 5.96. The van der Waals surface area contributed by atoms with Crippen LogP contribution in [-0.2, 0) is 5.88 Å². The van der Waals surface area contributed by atoms with Gasteiger partial charge in [-0.05, 0) is 26.6 Å². The Hall–Kier alpha value is -0.800. The molecular formula is C13H22ClN3. The molecule has 3 nitrogen and oxygen atoms in total. The van der Waals surface area contributed by atoms with Crippen LogP contribution in [0.5, 0.6) is 0 Å². The Morgan fingerprint density at radius 1 is 1.24 bits per heavy atom. The maximum atomic E-state index is 5.96. The van der Waals surface area contributed by atoms with E-state index in [1.807, 2.05) is 18.3 Å². The summed E-state index contributed by atoms with van der Waals surface area (Å²) in [7, 11) is 4.18. The number of alkyl halides is 1. The van der Waals surface area contributed by atoms with Crippen LogP contribution in [0, 0.1) is 0 Å². The topological polar surface area (TPSA) is 19.4 Å². The first kappa shape index (κ1) is 14.3. The molecule has 0 aliphatic rings. The van der Waals surface area contributed by atoms with Gasteiger partial charge in [-0.2, -0.15) is 0 Å². The Bertz CT molecular complexity index is 328. The summed E-state index contributed by atoms with van der Waals surface area (Å²) in [5.74, 6) is 1.55. The zero-order chi connectivity index (χ0) is 12.7. The van der Waals surface area contributed by atoms with Crippen LogP contribution in [0.2, 0.25) is 0 Å². The molecule has 17 heavy (non-hydrogen) atoms. The average molecular weight is 256 g/mol. The summed E-state index contributed by atoms with van der Waals surface area (Å²) in [6, 6.07) is 3.99. The molecule has 1 aromatic heterocycles. The van der Waals surface area contributed by atoms with Crippen LogP contribution in [0.4, 0.5) is 5.82 Å². The second kappa shape index (κ2) is 7.51. The van der Waals surface area contributed by atoms with Gasteiger partial charge in [-0.25, -0.2) is 4.98 Å². The standard InChI is InChI=1S/C13H22ClN3/c1-4-8-17(10-9-16(2)3)13-12(11-14)6-5-7-15-13/h5-7H,4,8-11H2,1-3H3. The summed E-state index contributed by atoms with van der Waals surface area (Å²) >= 11 is 5.96. The van der Waals surface area contributed by atoms with Crippen molar-refractivity contribution in [2.75, 3.05) is 38.6 Å². The molecule has 0 saturated heterocycles. The fraction of sp³-hybridized carbons (Fsp3) is 0.615. The summed E-state index contributed by atoms with van der Waals surface area (Å²) < 4.78 is 0. The summed E-state index contributed by atoms with van der Waals surface area (Å²) in [6.45, 7) is 5.22. The highest BCUT2D eigenvalue weighted by molar-refractivity contribution is 6.17. The van der Waals surface area contributed by atoms with E-state index in [2.05, 4.69) is 35.8 Å². The van der Waals surface area contributed by atoms with E-state index >= 15 is 0 Å². The van der Waals surface area contributed by atoms with Gasteiger partial charge in [0.15, 0.2) is 0 Å². The van der Waals surface area contributed by atoms with Crippen LogP contribution in [0.25, 0.3) is 0 Å². The minimum atomic E-state index is 0.519. The number of rotatable bonds is 7. The molecular weight excluding hydrogens is 234 g/mol. The van der Waals surface area contributed by atoms with Crippen LogP contribution >= 0.6 is 11.6 Å². The zero-order valence-corrected chi connectivity index (χ0v) is 11.7. The highest BCUT2D eigenvalue weighted by Crippen LogP contribution is 2.19. The van der Waals surface area contributed by atoms with Crippen LogP contribution < -0.4 is 4.90 Å². The normalized spacial score (nSPS) is 10.9. The van der Waals surface area contributed by atoms with Crippen molar-refractivity contribution in [2.45, 2.75) is 19.2 Å². The van der Waals surface area contributed by atoms with E-state index in [1.165, 1.54) is 0 Å². The molecule has 0 unspecified atom stereocenters. The highest BCUT2D eigenvalue weighted by atomic mass is 35.5. The van der Waals surface area contributed by atoms with E-state index < -0.39 is 0 Å². The molecule has 0 bridgehead atoms. The first-order chi connectivity index (χ1) is 8.19. The Balaban J connectivity index is 2.80. The van der Waals surface area contributed by atoms with Gasteiger partial charge in [0.05, 0.1) is 5.88 Å². The Labute approximate surface area is 109 Å². The van der Waals surface area contributed by atoms with Crippen LogP contribution in [0.3, 0.4) is 0 Å². The third-order valence-corrected chi connectivity index (χ3v) is 2.91. The molecule has 0 atom stereocenters. The molecule has 0 radical (unpaired) electrons. The molecule has 0 aliphatic heterocycles. The quantitative estimate of drug-likeness (QED) is 0.699. The van der Waals surface area contributed by atoms with Gasteiger partial charge in [0.2, 0.25) is 0 Å². The fourth-order valence-corrected chi connectivity index (χ4v) is 1.94.